The summed E-state index contributed by atoms with van der Waals surface area (Å²) in [5.41, 5.74) is 3.89. The van der Waals surface area contributed by atoms with E-state index in [2.05, 4.69) is 29.6 Å². The molecule has 0 aliphatic heterocycles. The van der Waals surface area contributed by atoms with E-state index in [0.717, 1.165) is 22.3 Å². The predicted molar refractivity (Wildman–Crippen MR) is 144 cm³/mol. The van der Waals surface area contributed by atoms with Gasteiger partial charge in [-0.2, -0.15) is 0 Å². The van der Waals surface area contributed by atoms with E-state index in [1.54, 1.807) is 6.92 Å². The molecule has 0 radical (unpaired) electrons. The zero-order chi connectivity index (χ0) is 27.4. The molecule has 8 heteroatoms. The molecule has 0 aromatic heterocycles. The average Bonchev–Trinajstić information content (AvgIpc) is 3.18. The van der Waals surface area contributed by atoms with E-state index < -0.39 is 29.8 Å². The normalized spacial score (nSPS) is 19.6. The number of amides is 2. The third-order valence-corrected chi connectivity index (χ3v) is 7.37. The summed E-state index contributed by atoms with van der Waals surface area (Å²) in [6.45, 7) is 7.33. The summed E-state index contributed by atoms with van der Waals surface area (Å²) in [6, 6.07) is 14.8. The van der Waals surface area contributed by atoms with Crippen LogP contribution in [0.2, 0.25) is 0 Å². The van der Waals surface area contributed by atoms with Gasteiger partial charge in [0.25, 0.3) is 0 Å². The van der Waals surface area contributed by atoms with E-state index in [1.165, 1.54) is 4.90 Å². The van der Waals surface area contributed by atoms with Crippen LogP contribution in [0.1, 0.15) is 76.8 Å². The van der Waals surface area contributed by atoms with E-state index in [1.807, 2.05) is 45.0 Å². The van der Waals surface area contributed by atoms with Gasteiger partial charge in [-0.05, 0) is 75.1 Å². The van der Waals surface area contributed by atoms with Crippen LogP contribution in [0.15, 0.2) is 48.5 Å². The molecule has 2 N–H and O–H groups in total. The number of hydrogen-bond acceptors (Lipinski definition) is 5. The van der Waals surface area contributed by atoms with Crippen molar-refractivity contribution < 1.29 is 29.0 Å². The minimum Gasteiger partial charge on any atom is -0.480 e. The maximum absolute atomic E-state index is 13.5. The van der Waals surface area contributed by atoms with Crippen molar-refractivity contribution in [2.75, 3.05) is 6.61 Å². The maximum Gasteiger partial charge on any atom is 0.410 e. The number of fused-ring (bicyclic) bond motifs is 3. The van der Waals surface area contributed by atoms with Crippen molar-refractivity contribution in [3.05, 3.63) is 59.7 Å². The Morgan fingerprint density at radius 2 is 1.53 bits per heavy atom. The highest BCUT2D eigenvalue weighted by molar-refractivity contribution is 5.81. The fourth-order valence-corrected chi connectivity index (χ4v) is 5.66. The second-order valence-electron chi connectivity index (χ2n) is 11.1. The van der Waals surface area contributed by atoms with Crippen LogP contribution in [0.5, 0.6) is 0 Å². The molecule has 204 valence electrons. The number of carbonyl (C=O) groups is 3. The van der Waals surface area contributed by atoms with Gasteiger partial charge in [-0.1, -0.05) is 55.5 Å². The third-order valence-electron chi connectivity index (χ3n) is 7.37. The number of benzene rings is 2. The number of carbonyl (C=O) groups excluding carboxylic acids is 2. The van der Waals surface area contributed by atoms with E-state index in [0.29, 0.717) is 25.7 Å². The lowest BCUT2D eigenvalue weighted by molar-refractivity contribution is -0.144. The van der Waals surface area contributed by atoms with Gasteiger partial charge in [-0.15, -0.1) is 0 Å². The molecule has 1 fully saturated rings. The van der Waals surface area contributed by atoms with Crippen LogP contribution in [0.3, 0.4) is 0 Å². The van der Waals surface area contributed by atoms with Gasteiger partial charge in [-0.3, -0.25) is 4.90 Å². The largest absolute Gasteiger partial charge is 0.480 e. The van der Waals surface area contributed by atoms with E-state index in [4.69, 9.17) is 9.47 Å². The molecule has 2 aliphatic carbocycles. The highest BCUT2D eigenvalue weighted by Gasteiger charge is 2.39. The van der Waals surface area contributed by atoms with Crippen LogP contribution in [-0.4, -0.2) is 58.5 Å². The molecule has 0 saturated heterocycles. The van der Waals surface area contributed by atoms with Crippen LogP contribution >= 0.6 is 0 Å². The van der Waals surface area contributed by atoms with Crippen molar-refractivity contribution in [2.45, 2.75) is 89.4 Å². The number of carboxylic acids is 1. The van der Waals surface area contributed by atoms with Gasteiger partial charge in [-0.25, -0.2) is 14.4 Å². The summed E-state index contributed by atoms with van der Waals surface area (Å²) in [4.78, 5) is 39.2. The van der Waals surface area contributed by atoms with Crippen molar-refractivity contribution >= 4 is 18.2 Å². The molecule has 38 heavy (non-hydrogen) atoms. The van der Waals surface area contributed by atoms with Crippen LogP contribution in [0, 0.1) is 0 Å². The van der Waals surface area contributed by atoms with E-state index >= 15 is 0 Å². The number of ether oxygens (including phenoxy) is 2. The molecule has 1 unspecified atom stereocenters. The number of aliphatic carboxylic acids is 1. The molecule has 8 nitrogen and oxygen atoms in total. The quantitative estimate of drug-likeness (QED) is 0.467. The monoisotopic (exact) mass is 522 g/mol. The fourth-order valence-electron chi connectivity index (χ4n) is 5.66. The van der Waals surface area contributed by atoms with Crippen LogP contribution in [-0.2, 0) is 14.3 Å². The molecule has 0 bridgehead atoms. The number of nitrogens with one attached hydrogen (secondary N) is 1. The molecule has 0 spiro atoms. The highest BCUT2D eigenvalue weighted by Crippen LogP contribution is 2.44. The smallest absolute Gasteiger partial charge is 0.410 e. The number of hydrogen-bond donors (Lipinski definition) is 2. The second-order valence-corrected chi connectivity index (χ2v) is 11.1. The minimum atomic E-state index is -1.05. The summed E-state index contributed by atoms with van der Waals surface area (Å²) in [6.07, 6.45) is 1.56. The Morgan fingerprint density at radius 1 is 0.974 bits per heavy atom. The van der Waals surface area contributed by atoms with Gasteiger partial charge in [0, 0.05) is 18.0 Å². The standard InChI is InChI=1S/C30H38N2O6/c1-5-26(27(33)34)32(20-16-14-19(15-17-20)31-28(35)38-30(2,3)4)29(36)37-18-25-23-12-8-6-10-21(23)22-11-7-9-13-24(22)25/h6-13,19-20,25-26H,5,14-18H2,1-4H3,(H,31,35)(H,33,34). The first-order chi connectivity index (χ1) is 18.1. The molecule has 0 heterocycles. The zero-order valence-corrected chi connectivity index (χ0v) is 22.6. The lowest BCUT2D eigenvalue weighted by Crippen LogP contribution is -2.53. The molecule has 1 saturated carbocycles. The maximum atomic E-state index is 13.5. The molecular formula is C30H38N2O6. The summed E-state index contributed by atoms with van der Waals surface area (Å²) in [7, 11) is 0. The van der Waals surface area contributed by atoms with Gasteiger partial charge in [0.1, 0.15) is 18.2 Å². The third kappa shape index (κ3) is 6.11. The van der Waals surface area contributed by atoms with Crippen LogP contribution in [0.25, 0.3) is 11.1 Å². The summed E-state index contributed by atoms with van der Waals surface area (Å²) in [5.74, 6) is -1.15. The number of rotatable bonds is 7. The van der Waals surface area contributed by atoms with Gasteiger partial charge in [0.05, 0.1) is 0 Å². The molecule has 2 aromatic rings. The fraction of sp³-hybridized carbons (Fsp3) is 0.500. The Balaban J connectivity index is 1.44. The van der Waals surface area contributed by atoms with Crippen molar-refractivity contribution in [3.63, 3.8) is 0 Å². The SMILES string of the molecule is CCC(C(=O)O)N(C(=O)OCC1c2ccccc2-c2ccccc21)C1CCC(NC(=O)OC(C)(C)C)CC1. The molecule has 2 aromatic carbocycles. The predicted octanol–water partition coefficient (Wildman–Crippen LogP) is 5.94. The van der Waals surface area contributed by atoms with Crippen LogP contribution in [0.4, 0.5) is 9.59 Å². The topological polar surface area (TPSA) is 105 Å². The minimum absolute atomic E-state index is 0.0876. The van der Waals surface area contributed by atoms with Crippen molar-refractivity contribution in [3.8, 4) is 11.1 Å². The molecule has 2 amide bonds. The summed E-state index contributed by atoms with van der Waals surface area (Å²) >= 11 is 0. The molecule has 4 rings (SSSR count). The number of carboxylic acid groups (broad SMARTS) is 1. The van der Waals surface area contributed by atoms with Gasteiger partial charge in [0.15, 0.2) is 0 Å². The van der Waals surface area contributed by atoms with Gasteiger partial charge >= 0.3 is 18.2 Å². The molecule has 2 aliphatic rings. The average molecular weight is 523 g/mol. The Morgan fingerprint density at radius 3 is 2.03 bits per heavy atom. The number of alkyl carbamates (subject to hydrolysis) is 1. The Bertz CT molecular complexity index is 1120. The Kier molecular flexibility index (Phi) is 8.29. The first kappa shape index (κ1) is 27.5. The highest BCUT2D eigenvalue weighted by atomic mass is 16.6. The van der Waals surface area contributed by atoms with Gasteiger partial charge < -0.3 is 19.9 Å². The van der Waals surface area contributed by atoms with Gasteiger partial charge in [0.2, 0.25) is 0 Å². The molecular weight excluding hydrogens is 484 g/mol. The van der Waals surface area contributed by atoms with Crippen molar-refractivity contribution in [1.29, 1.82) is 0 Å². The molecule has 1 atom stereocenters. The first-order valence-electron chi connectivity index (χ1n) is 13.4. The van der Waals surface area contributed by atoms with Crippen LogP contribution < -0.4 is 5.32 Å². The first-order valence-corrected chi connectivity index (χ1v) is 13.4. The summed E-state index contributed by atoms with van der Waals surface area (Å²) in [5, 5.41) is 12.8. The summed E-state index contributed by atoms with van der Waals surface area (Å²) < 4.78 is 11.2. The number of nitrogens with zero attached hydrogens (tertiary/aromatic N) is 1. The lowest BCUT2D eigenvalue weighted by atomic mass is 9.89. The Hall–Kier alpha value is -3.55. The van der Waals surface area contributed by atoms with Crippen molar-refractivity contribution in [1.82, 2.24) is 10.2 Å². The Labute approximate surface area is 224 Å². The van der Waals surface area contributed by atoms with E-state index in [-0.39, 0.29) is 31.0 Å². The zero-order valence-electron chi connectivity index (χ0n) is 22.6. The lowest BCUT2D eigenvalue weighted by Gasteiger charge is -2.39. The van der Waals surface area contributed by atoms with Crippen molar-refractivity contribution in [2.24, 2.45) is 0 Å². The van der Waals surface area contributed by atoms with E-state index in [9.17, 15) is 19.5 Å². The second kappa shape index (κ2) is 11.5.